The molecule has 2 aliphatic rings. The lowest BCUT2D eigenvalue weighted by atomic mass is 10.00. The van der Waals surface area contributed by atoms with E-state index in [2.05, 4.69) is 31.2 Å². The summed E-state index contributed by atoms with van der Waals surface area (Å²) in [5, 5.41) is 11.8. The van der Waals surface area contributed by atoms with Crippen LogP contribution in [0.4, 0.5) is 22.7 Å². The number of carbonyl (C=O) groups excluding carboxylic acids is 4. The number of halogens is 4. The van der Waals surface area contributed by atoms with E-state index in [-0.39, 0.29) is 29.4 Å². The van der Waals surface area contributed by atoms with Crippen molar-refractivity contribution < 1.29 is 19.2 Å². The number of nitrogens with one attached hydrogen (secondary N) is 6. The summed E-state index contributed by atoms with van der Waals surface area (Å²) in [5.74, 6) is -2.61. The minimum absolute atomic E-state index is 0.255. The van der Waals surface area contributed by atoms with Gasteiger partial charge in [0.1, 0.15) is 23.5 Å². The van der Waals surface area contributed by atoms with Gasteiger partial charge in [0.2, 0.25) is 23.6 Å². The number of para-hydroxylation sites is 4. The van der Waals surface area contributed by atoms with E-state index in [0.717, 1.165) is 0 Å². The molecule has 338 valence electrons. The molecule has 2 aliphatic heterocycles. The quantitative estimate of drug-likeness (QED) is 0.0665. The van der Waals surface area contributed by atoms with Crippen LogP contribution in [0.2, 0.25) is 0 Å². The number of hydrogen-bond acceptors (Lipinski definition) is 6. The molecule has 6 N–H and O–H groups in total. The summed E-state index contributed by atoms with van der Waals surface area (Å²) >= 11 is 24.1. The maximum Gasteiger partial charge on any atom is 0.239 e. The molecule has 8 bridgehead atoms. The Hall–Kier alpha value is -7.48. The van der Waals surface area contributed by atoms with E-state index in [1.54, 1.807) is 24.3 Å². The fourth-order valence-corrected chi connectivity index (χ4v) is 8.58. The van der Waals surface area contributed by atoms with Crippen LogP contribution in [0.3, 0.4) is 0 Å². The van der Waals surface area contributed by atoms with Gasteiger partial charge in [-0.15, -0.1) is 46.4 Å². The molecule has 9 rings (SSSR count). The van der Waals surface area contributed by atoms with Crippen molar-refractivity contribution in [1.29, 1.82) is 0 Å². The average molecular weight is 981 g/mol. The Kier molecular flexibility index (Phi) is 13.5. The first-order valence-electron chi connectivity index (χ1n) is 21.1. The first-order chi connectivity index (χ1) is 33.2. The van der Waals surface area contributed by atoms with Crippen molar-refractivity contribution in [2.24, 2.45) is 0 Å². The van der Waals surface area contributed by atoms with Gasteiger partial charge >= 0.3 is 0 Å². The summed E-state index contributed by atoms with van der Waals surface area (Å²) in [5.41, 5.74) is 11.8. The summed E-state index contributed by atoms with van der Waals surface area (Å²) in [6.07, 6.45) is 7.54. The highest BCUT2D eigenvalue weighted by Crippen LogP contribution is 2.43. The SMILES string of the molecule is O=C(CCl)Nc1ccccc1-c1c2nc(c(-c3ccccc3NC(=O)CCl)c3ccc([nH]3)c(-c3ccccc3NC(=O)CCl)c3ccc([nH]3)c(-c3ccccc3NC(=O)CCl)c3nc1C=C3)C=C2. The third-order valence-corrected chi connectivity index (χ3v) is 12.1. The Morgan fingerprint density at radius 1 is 0.353 bits per heavy atom. The zero-order chi connectivity index (χ0) is 47.3. The number of amides is 4. The summed E-state index contributed by atoms with van der Waals surface area (Å²) in [4.78, 5) is 69.6. The number of fused-ring (bicyclic) bond motifs is 8. The van der Waals surface area contributed by atoms with Crippen molar-refractivity contribution in [2.75, 3.05) is 44.8 Å². The number of hydrogen-bond donors (Lipinski definition) is 6. The number of aromatic nitrogens is 4. The monoisotopic (exact) mass is 978 g/mol. The van der Waals surface area contributed by atoms with Crippen LogP contribution in [0.25, 0.3) is 90.9 Å². The van der Waals surface area contributed by atoms with Gasteiger partial charge in [0.05, 0.1) is 22.8 Å². The highest BCUT2D eigenvalue weighted by Gasteiger charge is 2.24. The normalized spacial score (nSPS) is 11.6. The predicted octanol–water partition coefficient (Wildman–Crippen LogP) is 12.0. The molecule has 0 saturated carbocycles. The van der Waals surface area contributed by atoms with Gasteiger partial charge in [-0.3, -0.25) is 19.2 Å². The van der Waals surface area contributed by atoms with Gasteiger partial charge in [-0.1, -0.05) is 72.8 Å². The second kappa shape index (κ2) is 20.2. The summed E-state index contributed by atoms with van der Waals surface area (Å²) in [7, 11) is 0. The Morgan fingerprint density at radius 3 is 0.912 bits per heavy atom. The van der Waals surface area contributed by atoms with Crippen molar-refractivity contribution in [3.63, 3.8) is 0 Å². The molecule has 12 nitrogen and oxygen atoms in total. The van der Waals surface area contributed by atoms with Crippen LogP contribution < -0.4 is 21.3 Å². The maximum atomic E-state index is 12.9. The molecule has 3 aromatic heterocycles. The predicted molar refractivity (Wildman–Crippen MR) is 278 cm³/mol. The van der Waals surface area contributed by atoms with E-state index in [9.17, 15) is 19.2 Å². The van der Waals surface area contributed by atoms with Crippen molar-refractivity contribution in [3.8, 4) is 44.5 Å². The van der Waals surface area contributed by atoms with E-state index in [0.29, 0.717) is 112 Å². The number of nitrogens with zero attached hydrogens (tertiary/aromatic N) is 2. The average Bonchev–Trinajstić information content (AvgIpc) is 4.22. The topological polar surface area (TPSA) is 174 Å². The van der Waals surface area contributed by atoms with Crippen LogP contribution in [0.5, 0.6) is 0 Å². The van der Waals surface area contributed by atoms with Crippen LogP contribution >= 0.6 is 46.4 Å². The number of aromatic amines is 2. The Balaban J connectivity index is 1.48. The second-order valence-electron chi connectivity index (χ2n) is 15.4. The molecular weight excluding hydrogens is 942 g/mol. The molecule has 0 unspecified atom stereocenters. The molecule has 0 spiro atoms. The minimum Gasteiger partial charge on any atom is -0.354 e. The molecule has 0 fully saturated rings. The van der Waals surface area contributed by atoms with Crippen LogP contribution in [-0.4, -0.2) is 67.1 Å². The standard InChI is InChI=1S/C52H38Cl4N8O4/c53-25-45(65)61-33-13-5-1-9-29(33)49-37-17-19-39(57-37)50(30-10-2-6-14-34(30)62-46(66)26-54)41-21-23-43(59-41)52(32-12-4-8-16-36(32)64-48(68)28-56)44-24-22-42(60-44)51(40-20-18-38(49)58-40)31-11-3-7-15-35(31)63-47(67)27-55/h1-24,57-58H,25-28H2,(H,61,65)(H,62,66)(H,63,67)(H,64,68). The van der Waals surface area contributed by atoms with Crippen LogP contribution in [0.1, 0.15) is 22.8 Å². The number of H-pyrrole nitrogens is 2. The first kappa shape index (κ1) is 45.7. The molecule has 7 aromatic rings. The molecular formula is C52H38Cl4N8O4. The van der Waals surface area contributed by atoms with Gasteiger partial charge in [-0.25, -0.2) is 9.97 Å². The van der Waals surface area contributed by atoms with Gasteiger partial charge < -0.3 is 31.2 Å². The third kappa shape index (κ3) is 9.27. The first-order valence-corrected chi connectivity index (χ1v) is 23.3. The van der Waals surface area contributed by atoms with Gasteiger partial charge in [-0.2, -0.15) is 0 Å². The molecule has 4 amide bonds. The third-order valence-electron chi connectivity index (χ3n) is 11.1. The summed E-state index contributed by atoms with van der Waals surface area (Å²) in [6.45, 7) is 0. The lowest BCUT2D eigenvalue weighted by Crippen LogP contribution is -2.13. The smallest absolute Gasteiger partial charge is 0.239 e. The van der Waals surface area contributed by atoms with E-state index in [1.807, 2.05) is 121 Å². The molecule has 0 aliphatic carbocycles. The largest absolute Gasteiger partial charge is 0.354 e. The van der Waals surface area contributed by atoms with Crippen molar-refractivity contribution in [2.45, 2.75) is 0 Å². The fraction of sp³-hybridized carbons (Fsp3) is 0.0769. The highest BCUT2D eigenvalue weighted by molar-refractivity contribution is 6.30. The van der Waals surface area contributed by atoms with E-state index in [1.165, 1.54) is 0 Å². The molecule has 16 heteroatoms. The lowest BCUT2D eigenvalue weighted by molar-refractivity contribution is -0.114. The number of carbonyl (C=O) groups is 4. The van der Waals surface area contributed by atoms with Gasteiger partial charge in [-0.05, 0) is 72.8 Å². The molecule has 5 heterocycles. The molecule has 4 aromatic carbocycles. The zero-order valence-electron chi connectivity index (χ0n) is 35.7. The van der Waals surface area contributed by atoms with Gasteiger partial charge in [0.25, 0.3) is 0 Å². The van der Waals surface area contributed by atoms with E-state index in [4.69, 9.17) is 56.4 Å². The molecule has 0 radical (unpaired) electrons. The van der Waals surface area contributed by atoms with Crippen LogP contribution in [-0.2, 0) is 19.2 Å². The maximum absolute atomic E-state index is 12.9. The van der Waals surface area contributed by atoms with Crippen LogP contribution in [0, 0.1) is 0 Å². The Bertz CT molecular complexity index is 3260. The Morgan fingerprint density at radius 2 is 0.603 bits per heavy atom. The van der Waals surface area contributed by atoms with Gasteiger partial charge in [0, 0.05) is 89.3 Å². The number of benzene rings is 4. The van der Waals surface area contributed by atoms with Crippen LogP contribution in [0.15, 0.2) is 121 Å². The molecule has 0 saturated heterocycles. The number of anilines is 4. The summed E-state index contributed by atoms with van der Waals surface area (Å²) in [6, 6.07) is 37.2. The van der Waals surface area contributed by atoms with Crippen molar-refractivity contribution >= 4 is 139 Å². The number of rotatable bonds is 12. The van der Waals surface area contributed by atoms with Crippen molar-refractivity contribution in [1.82, 2.24) is 19.9 Å². The zero-order valence-corrected chi connectivity index (χ0v) is 38.7. The number of alkyl halides is 4. The van der Waals surface area contributed by atoms with E-state index < -0.39 is 17.7 Å². The molecule has 0 atom stereocenters. The molecule has 68 heavy (non-hydrogen) atoms. The summed E-state index contributed by atoms with van der Waals surface area (Å²) < 4.78 is 0. The lowest BCUT2D eigenvalue weighted by Gasteiger charge is -2.13. The van der Waals surface area contributed by atoms with E-state index >= 15 is 0 Å². The van der Waals surface area contributed by atoms with Gasteiger partial charge in [0.15, 0.2) is 0 Å². The minimum atomic E-state index is -0.400. The second-order valence-corrected chi connectivity index (χ2v) is 16.5. The highest BCUT2D eigenvalue weighted by atomic mass is 35.5. The van der Waals surface area contributed by atoms with Crippen molar-refractivity contribution in [3.05, 3.63) is 144 Å². The fourth-order valence-electron chi connectivity index (χ4n) is 8.31. The Labute approximate surface area is 409 Å².